The molecule has 0 aliphatic heterocycles. The Morgan fingerprint density at radius 1 is 1.26 bits per heavy atom. The van der Waals surface area contributed by atoms with Crippen molar-refractivity contribution in [3.8, 4) is 11.1 Å². The van der Waals surface area contributed by atoms with Crippen LogP contribution in [0.2, 0.25) is 0 Å². The number of aromatic nitrogens is 3. The molecule has 3 rings (SSSR count). The van der Waals surface area contributed by atoms with Gasteiger partial charge in [-0.2, -0.15) is 5.10 Å². The number of carbonyl (C=O) groups excluding carboxylic acids is 1. The van der Waals surface area contributed by atoms with Gasteiger partial charge < -0.3 is 4.74 Å². The minimum atomic E-state index is -0.356. The lowest BCUT2D eigenvalue weighted by atomic mass is 10.0. The third-order valence-electron chi connectivity index (χ3n) is 3.55. The number of hydrogen-bond donors (Lipinski definition) is 0. The van der Waals surface area contributed by atoms with Crippen molar-refractivity contribution >= 4 is 17.0 Å². The van der Waals surface area contributed by atoms with E-state index in [1.165, 1.54) is 16.8 Å². The Balaban J connectivity index is 2.09. The molecule has 0 fully saturated rings. The van der Waals surface area contributed by atoms with Gasteiger partial charge in [0.25, 0.3) is 0 Å². The third kappa shape index (κ3) is 2.92. The van der Waals surface area contributed by atoms with Gasteiger partial charge in [0.15, 0.2) is 5.65 Å². The van der Waals surface area contributed by atoms with Crippen LogP contribution in [0.4, 0.5) is 4.39 Å². The van der Waals surface area contributed by atoms with Crippen LogP contribution in [0.25, 0.3) is 22.2 Å². The molecule has 6 heteroatoms. The van der Waals surface area contributed by atoms with Crippen molar-refractivity contribution in [2.45, 2.75) is 20.4 Å². The maximum atomic E-state index is 13.1. The molecule has 0 atom stereocenters. The molecule has 0 saturated heterocycles. The number of carbonyl (C=O) groups is 1. The summed E-state index contributed by atoms with van der Waals surface area (Å²) in [6.07, 6.45) is 1.66. The van der Waals surface area contributed by atoms with E-state index in [1.807, 2.05) is 13.0 Å². The second kappa shape index (κ2) is 6.16. The van der Waals surface area contributed by atoms with Gasteiger partial charge >= 0.3 is 5.97 Å². The molecule has 3 aromatic rings. The Kier molecular flexibility index (Phi) is 4.06. The first-order valence-corrected chi connectivity index (χ1v) is 7.34. The monoisotopic (exact) mass is 313 g/mol. The number of fused-ring (bicyclic) bond motifs is 1. The number of ether oxygens (including phenoxy) is 1. The highest BCUT2D eigenvalue weighted by Gasteiger charge is 2.16. The SMILES string of the molecule is CCOC(=O)Cn1nc(C)c2c(-c3ccc(F)cc3)ccnc21. The molecule has 0 bridgehead atoms. The molecule has 0 radical (unpaired) electrons. The highest BCUT2D eigenvalue weighted by atomic mass is 19.1. The Bertz CT molecular complexity index is 856. The molecule has 0 unspecified atom stereocenters. The molecule has 0 saturated carbocycles. The van der Waals surface area contributed by atoms with E-state index in [2.05, 4.69) is 10.1 Å². The molecule has 118 valence electrons. The molecule has 0 aliphatic carbocycles. The third-order valence-corrected chi connectivity index (χ3v) is 3.55. The number of benzene rings is 1. The van der Waals surface area contributed by atoms with Crippen molar-refractivity contribution in [3.63, 3.8) is 0 Å². The maximum absolute atomic E-state index is 13.1. The molecule has 2 heterocycles. The van der Waals surface area contributed by atoms with E-state index in [-0.39, 0.29) is 18.3 Å². The van der Waals surface area contributed by atoms with Gasteiger partial charge in [-0.1, -0.05) is 12.1 Å². The highest BCUT2D eigenvalue weighted by molar-refractivity contribution is 5.95. The number of halogens is 1. The van der Waals surface area contributed by atoms with Gasteiger partial charge in [0.1, 0.15) is 12.4 Å². The molecular weight excluding hydrogens is 297 g/mol. The first-order chi connectivity index (χ1) is 11.1. The molecule has 5 nitrogen and oxygen atoms in total. The van der Waals surface area contributed by atoms with E-state index in [9.17, 15) is 9.18 Å². The zero-order valence-corrected chi connectivity index (χ0v) is 12.9. The first-order valence-electron chi connectivity index (χ1n) is 7.34. The fourth-order valence-electron chi connectivity index (χ4n) is 2.59. The van der Waals surface area contributed by atoms with E-state index >= 15 is 0 Å². The van der Waals surface area contributed by atoms with Gasteiger partial charge in [-0.05, 0) is 43.2 Å². The number of hydrogen-bond acceptors (Lipinski definition) is 4. The summed E-state index contributed by atoms with van der Waals surface area (Å²) in [6, 6.07) is 8.12. The lowest BCUT2D eigenvalue weighted by molar-refractivity contribution is -0.143. The summed E-state index contributed by atoms with van der Waals surface area (Å²) in [4.78, 5) is 16.0. The predicted octanol–water partition coefficient (Wildman–Crippen LogP) is 3.11. The summed E-state index contributed by atoms with van der Waals surface area (Å²) >= 11 is 0. The molecule has 2 aromatic heterocycles. The van der Waals surface area contributed by atoms with Crippen LogP contribution in [0.5, 0.6) is 0 Å². The molecule has 0 spiro atoms. The van der Waals surface area contributed by atoms with Crippen LogP contribution >= 0.6 is 0 Å². The Morgan fingerprint density at radius 2 is 2.00 bits per heavy atom. The van der Waals surface area contributed by atoms with E-state index < -0.39 is 0 Å². The standard InChI is InChI=1S/C17H16FN3O2/c1-3-23-15(22)10-21-17-16(11(2)20-21)14(8-9-19-17)12-4-6-13(18)7-5-12/h4-9H,3,10H2,1-2H3. The average Bonchev–Trinajstić information content (AvgIpc) is 2.85. The molecular formula is C17H16FN3O2. The molecule has 0 N–H and O–H groups in total. The van der Waals surface area contributed by atoms with Crippen molar-refractivity contribution in [1.82, 2.24) is 14.8 Å². The van der Waals surface area contributed by atoms with Crippen LogP contribution in [-0.2, 0) is 16.1 Å². The van der Waals surface area contributed by atoms with E-state index in [4.69, 9.17) is 4.74 Å². The quantitative estimate of drug-likeness (QED) is 0.695. The average molecular weight is 313 g/mol. The van der Waals surface area contributed by atoms with Crippen LogP contribution in [-0.4, -0.2) is 27.3 Å². The number of pyridine rings is 1. The second-order valence-corrected chi connectivity index (χ2v) is 5.11. The Labute approximate surface area is 132 Å². The van der Waals surface area contributed by atoms with E-state index in [0.717, 1.165) is 22.2 Å². The van der Waals surface area contributed by atoms with Crippen LogP contribution in [0.3, 0.4) is 0 Å². The van der Waals surface area contributed by atoms with Crippen molar-refractivity contribution in [3.05, 3.63) is 48.0 Å². The van der Waals surface area contributed by atoms with Gasteiger partial charge in [-0.15, -0.1) is 0 Å². The van der Waals surface area contributed by atoms with Gasteiger partial charge in [0, 0.05) is 11.6 Å². The van der Waals surface area contributed by atoms with Crippen LogP contribution in [0, 0.1) is 12.7 Å². The summed E-state index contributed by atoms with van der Waals surface area (Å²) in [7, 11) is 0. The smallest absolute Gasteiger partial charge is 0.327 e. The summed E-state index contributed by atoms with van der Waals surface area (Å²) in [5.41, 5.74) is 3.15. The minimum Gasteiger partial charge on any atom is -0.465 e. The normalized spacial score (nSPS) is 10.9. The predicted molar refractivity (Wildman–Crippen MR) is 84.3 cm³/mol. The zero-order valence-electron chi connectivity index (χ0n) is 12.9. The Morgan fingerprint density at radius 3 is 2.70 bits per heavy atom. The van der Waals surface area contributed by atoms with Crippen LogP contribution in [0.15, 0.2) is 36.5 Å². The number of nitrogens with zero attached hydrogens (tertiary/aromatic N) is 3. The summed E-state index contributed by atoms with van der Waals surface area (Å²) < 4.78 is 19.6. The van der Waals surface area contributed by atoms with Gasteiger partial charge in [0.2, 0.25) is 0 Å². The first kappa shape index (κ1) is 15.1. The van der Waals surface area contributed by atoms with E-state index in [0.29, 0.717) is 12.3 Å². The fraction of sp³-hybridized carbons (Fsp3) is 0.235. The zero-order chi connectivity index (χ0) is 16.4. The largest absolute Gasteiger partial charge is 0.465 e. The van der Waals surface area contributed by atoms with Crippen molar-refractivity contribution in [2.24, 2.45) is 0 Å². The van der Waals surface area contributed by atoms with Crippen LogP contribution < -0.4 is 0 Å². The lowest BCUT2D eigenvalue weighted by Crippen LogP contribution is -2.14. The van der Waals surface area contributed by atoms with Crippen molar-refractivity contribution < 1.29 is 13.9 Å². The summed E-state index contributed by atoms with van der Waals surface area (Å²) in [6.45, 7) is 3.96. The molecule has 1 aromatic carbocycles. The molecule has 0 amide bonds. The van der Waals surface area contributed by atoms with Gasteiger partial charge in [-0.25, -0.2) is 14.1 Å². The lowest BCUT2D eigenvalue weighted by Gasteiger charge is -2.05. The fourth-order valence-corrected chi connectivity index (χ4v) is 2.59. The summed E-state index contributed by atoms with van der Waals surface area (Å²) in [5, 5.41) is 5.25. The number of esters is 1. The summed E-state index contributed by atoms with van der Waals surface area (Å²) in [5.74, 6) is -0.639. The molecule has 23 heavy (non-hydrogen) atoms. The topological polar surface area (TPSA) is 57.0 Å². The highest BCUT2D eigenvalue weighted by Crippen LogP contribution is 2.29. The Hall–Kier alpha value is -2.76. The maximum Gasteiger partial charge on any atom is 0.327 e. The van der Waals surface area contributed by atoms with Crippen molar-refractivity contribution in [2.75, 3.05) is 6.61 Å². The number of aryl methyl sites for hydroxylation is 1. The van der Waals surface area contributed by atoms with Gasteiger partial charge in [0.05, 0.1) is 12.3 Å². The minimum absolute atomic E-state index is 0.0120. The van der Waals surface area contributed by atoms with E-state index in [1.54, 1.807) is 25.3 Å². The van der Waals surface area contributed by atoms with Gasteiger partial charge in [-0.3, -0.25) is 4.79 Å². The second-order valence-electron chi connectivity index (χ2n) is 5.11. The molecule has 0 aliphatic rings. The van der Waals surface area contributed by atoms with Crippen LogP contribution in [0.1, 0.15) is 12.6 Å². The van der Waals surface area contributed by atoms with Crippen molar-refractivity contribution in [1.29, 1.82) is 0 Å². The number of rotatable bonds is 4.